The fourth-order valence-corrected chi connectivity index (χ4v) is 4.00. The van der Waals surface area contributed by atoms with E-state index in [1.807, 2.05) is 43.0 Å². The van der Waals surface area contributed by atoms with Gasteiger partial charge in [-0.05, 0) is 61.9 Å². The summed E-state index contributed by atoms with van der Waals surface area (Å²) in [6, 6.07) is 14.6. The molecule has 188 valence electrons. The molecular formula is C26H35N5O4. The zero-order valence-electron chi connectivity index (χ0n) is 20.8. The van der Waals surface area contributed by atoms with Gasteiger partial charge in [-0.25, -0.2) is 4.79 Å². The molecule has 0 atom stereocenters. The van der Waals surface area contributed by atoms with Gasteiger partial charge < -0.3 is 30.1 Å². The van der Waals surface area contributed by atoms with Crippen molar-refractivity contribution in [2.24, 2.45) is 0 Å². The van der Waals surface area contributed by atoms with E-state index in [-0.39, 0.29) is 24.4 Å². The second-order valence-electron chi connectivity index (χ2n) is 8.36. The highest BCUT2D eigenvalue weighted by Gasteiger charge is 2.22. The van der Waals surface area contributed by atoms with Crippen LogP contribution in [0.5, 0.6) is 5.75 Å². The third-order valence-corrected chi connectivity index (χ3v) is 5.86. The highest BCUT2D eigenvalue weighted by Crippen LogP contribution is 2.21. The molecule has 0 aliphatic carbocycles. The molecule has 0 bridgehead atoms. The molecule has 0 saturated carbocycles. The zero-order valence-corrected chi connectivity index (χ0v) is 20.8. The van der Waals surface area contributed by atoms with E-state index in [0.29, 0.717) is 37.4 Å². The molecule has 0 unspecified atom stereocenters. The topological polar surface area (TPSA) is 94.2 Å². The number of amides is 4. The lowest BCUT2D eigenvalue weighted by Gasteiger charge is -2.36. The zero-order chi connectivity index (χ0) is 25.2. The minimum Gasteiger partial charge on any atom is -0.497 e. The van der Waals surface area contributed by atoms with Crippen molar-refractivity contribution in [2.75, 3.05) is 63.1 Å². The van der Waals surface area contributed by atoms with Crippen LogP contribution in [-0.4, -0.2) is 80.6 Å². The lowest BCUT2D eigenvalue weighted by Crippen LogP contribution is -2.48. The van der Waals surface area contributed by atoms with Crippen molar-refractivity contribution < 1.29 is 19.1 Å². The smallest absolute Gasteiger partial charge is 0.317 e. The van der Waals surface area contributed by atoms with Gasteiger partial charge in [0, 0.05) is 56.2 Å². The predicted molar refractivity (Wildman–Crippen MR) is 137 cm³/mol. The summed E-state index contributed by atoms with van der Waals surface area (Å²) < 4.78 is 5.16. The Kier molecular flexibility index (Phi) is 9.34. The summed E-state index contributed by atoms with van der Waals surface area (Å²) in [4.78, 5) is 43.0. The minimum atomic E-state index is -0.233. The number of carbonyl (C=O) groups excluding carboxylic acids is 3. The van der Waals surface area contributed by atoms with Crippen LogP contribution in [0.3, 0.4) is 0 Å². The summed E-state index contributed by atoms with van der Waals surface area (Å²) in [6.07, 6.45) is 0.776. The Hall–Kier alpha value is -3.75. The lowest BCUT2D eigenvalue weighted by atomic mass is 10.1. The van der Waals surface area contributed by atoms with Crippen molar-refractivity contribution in [1.82, 2.24) is 15.1 Å². The van der Waals surface area contributed by atoms with Gasteiger partial charge >= 0.3 is 6.03 Å². The van der Waals surface area contributed by atoms with Crippen LogP contribution in [0.4, 0.5) is 16.2 Å². The molecule has 2 aromatic rings. The molecule has 9 nitrogen and oxygen atoms in total. The summed E-state index contributed by atoms with van der Waals surface area (Å²) in [5.74, 6) is 0.518. The van der Waals surface area contributed by atoms with Crippen LogP contribution in [0, 0.1) is 0 Å². The standard InChI is InChI=1S/C26H35N5O4/c1-4-14-31(26(34)27-5-2)19-24(32)28-21-8-10-22(11-9-21)29-15-17-30(18-16-29)25(33)20-6-12-23(35-3)13-7-20/h6-13H,4-5,14-19H2,1-3H3,(H,27,34)(H,28,32). The van der Waals surface area contributed by atoms with Gasteiger partial charge in [0.05, 0.1) is 7.11 Å². The van der Waals surface area contributed by atoms with Crippen LogP contribution in [0.25, 0.3) is 0 Å². The van der Waals surface area contributed by atoms with Crippen molar-refractivity contribution in [3.8, 4) is 5.75 Å². The second kappa shape index (κ2) is 12.6. The Bertz CT molecular complexity index is 986. The number of nitrogens with one attached hydrogen (secondary N) is 2. The molecule has 0 spiro atoms. The molecule has 2 aromatic carbocycles. The van der Waals surface area contributed by atoms with E-state index in [2.05, 4.69) is 15.5 Å². The molecule has 0 radical (unpaired) electrons. The fraction of sp³-hybridized carbons (Fsp3) is 0.423. The number of urea groups is 1. The maximum absolute atomic E-state index is 12.8. The SMILES string of the molecule is CCCN(CC(=O)Nc1ccc(N2CCN(C(=O)c3ccc(OC)cc3)CC2)cc1)C(=O)NCC. The second-order valence-corrected chi connectivity index (χ2v) is 8.36. The molecule has 35 heavy (non-hydrogen) atoms. The van der Waals surface area contributed by atoms with Gasteiger partial charge in [0.1, 0.15) is 12.3 Å². The number of methoxy groups -OCH3 is 1. The Morgan fingerprint density at radius 3 is 2.17 bits per heavy atom. The third-order valence-electron chi connectivity index (χ3n) is 5.86. The summed E-state index contributed by atoms with van der Waals surface area (Å²) in [5, 5.41) is 5.60. The van der Waals surface area contributed by atoms with E-state index < -0.39 is 0 Å². The highest BCUT2D eigenvalue weighted by molar-refractivity contribution is 5.95. The third kappa shape index (κ3) is 7.11. The van der Waals surface area contributed by atoms with Gasteiger partial charge in [0.15, 0.2) is 0 Å². The van der Waals surface area contributed by atoms with E-state index in [1.54, 1.807) is 31.4 Å². The van der Waals surface area contributed by atoms with Crippen LogP contribution in [0.1, 0.15) is 30.6 Å². The van der Waals surface area contributed by atoms with Crippen molar-refractivity contribution in [3.63, 3.8) is 0 Å². The summed E-state index contributed by atoms with van der Waals surface area (Å²) in [7, 11) is 1.60. The number of piperazine rings is 1. The van der Waals surface area contributed by atoms with Gasteiger partial charge in [0.25, 0.3) is 5.91 Å². The van der Waals surface area contributed by atoms with Crippen molar-refractivity contribution in [1.29, 1.82) is 0 Å². The molecule has 1 fully saturated rings. The van der Waals surface area contributed by atoms with Crippen molar-refractivity contribution >= 4 is 29.2 Å². The van der Waals surface area contributed by atoms with E-state index in [1.165, 1.54) is 4.90 Å². The Morgan fingerprint density at radius 2 is 1.60 bits per heavy atom. The van der Waals surface area contributed by atoms with E-state index in [0.717, 1.165) is 30.9 Å². The number of hydrogen-bond donors (Lipinski definition) is 2. The number of nitrogens with zero attached hydrogens (tertiary/aromatic N) is 3. The molecule has 1 saturated heterocycles. The van der Waals surface area contributed by atoms with Crippen LogP contribution in [0.2, 0.25) is 0 Å². The molecule has 1 heterocycles. The van der Waals surface area contributed by atoms with Gasteiger partial charge in [0.2, 0.25) is 5.91 Å². The summed E-state index contributed by atoms with van der Waals surface area (Å²) in [6.45, 7) is 7.59. The van der Waals surface area contributed by atoms with E-state index in [4.69, 9.17) is 4.74 Å². The molecule has 1 aliphatic heterocycles. The number of rotatable bonds is 9. The first-order valence-electron chi connectivity index (χ1n) is 12.1. The van der Waals surface area contributed by atoms with Gasteiger partial charge in [-0.15, -0.1) is 0 Å². The Labute approximate surface area is 207 Å². The Morgan fingerprint density at radius 1 is 0.943 bits per heavy atom. The monoisotopic (exact) mass is 481 g/mol. The molecule has 0 aromatic heterocycles. The average molecular weight is 482 g/mol. The van der Waals surface area contributed by atoms with Crippen LogP contribution in [0.15, 0.2) is 48.5 Å². The predicted octanol–water partition coefficient (Wildman–Crippen LogP) is 3.04. The number of anilines is 2. The van der Waals surface area contributed by atoms with Crippen LogP contribution in [-0.2, 0) is 4.79 Å². The molecule has 4 amide bonds. The lowest BCUT2D eigenvalue weighted by molar-refractivity contribution is -0.116. The largest absolute Gasteiger partial charge is 0.497 e. The first kappa shape index (κ1) is 25.9. The molecular weight excluding hydrogens is 446 g/mol. The summed E-state index contributed by atoms with van der Waals surface area (Å²) >= 11 is 0. The van der Waals surface area contributed by atoms with Gasteiger partial charge in [-0.3, -0.25) is 9.59 Å². The van der Waals surface area contributed by atoms with Crippen LogP contribution < -0.4 is 20.3 Å². The Balaban J connectivity index is 1.50. The molecule has 3 rings (SSSR count). The van der Waals surface area contributed by atoms with Crippen LogP contribution >= 0.6 is 0 Å². The van der Waals surface area contributed by atoms with Crippen molar-refractivity contribution in [2.45, 2.75) is 20.3 Å². The first-order chi connectivity index (χ1) is 16.9. The number of benzene rings is 2. The molecule has 1 aliphatic rings. The maximum Gasteiger partial charge on any atom is 0.317 e. The van der Waals surface area contributed by atoms with Crippen molar-refractivity contribution in [3.05, 3.63) is 54.1 Å². The van der Waals surface area contributed by atoms with Gasteiger partial charge in [-0.1, -0.05) is 6.92 Å². The molecule has 9 heteroatoms. The number of carbonyl (C=O) groups is 3. The summed E-state index contributed by atoms with van der Waals surface area (Å²) in [5.41, 5.74) is 2.37. The van der Waals surface area contributed by atoms with E-state index in [9.17, 15) is 14.4 Å². The number of ether oxygens (including phenoxy) is 1. The quantitative estimate of drug-likeness (QED) is 0.574. The normalized spacial score (nSPS) is 13.2. The van der Waals surface area contributed by atoms with E-state index >= 15 is 0 Å². The first-order valence-corrected chi connectivity index (χ1v) is 12.1. The van der Waals surface area contributed by atoms with Gasteiger partial charge in [-0.2, -0.15) is 0 Å². The average Bonchev–Trinajstić information content (AvgIpc) is 2.89. The molecule has 2 N–H and O–H groups in total. The maximum atomic E-state index is 12.8. The highest BCUT2D eigenvalue weighted by atomic mass is 16.5. The number of hydrogen-bond acceptors (Lipinski definition) is 5. The minimum absolute atomic E-state index is 0.00556. The fourth-order valence-electron chi connectivity index (χ4n) is 4.00.